The maximum absolute atomic E-state index is 12.1. The van der Waals surface area contributed by atoms with E-state index in [1.54, 1.807) is 7.11 Å². The third-order valence-corrected chi connectivity index (χ3v) is 5.33. The molecule has 1 atom stereocenters. The molecule has 0 aromatic heterocycles. The van der Waals surface area contributed by atoms with Gasteiger partial charge in [0, 0.05) is 19.7 Å². The Balaban J connectivity index is 0.00000133. The van der Waals surface area contributed by atoms with Gasteiger partial charge in [-0.2, -0.15) is 0 Å². The van der Waals surface area contributed by atoms with Gasteiger partial charge in [0.15, 0.2) is 0 Å². The molecule has 1 amide bonds. The fourth-order valence-electron chi connectivity index (χ4n) is 4.73. The lowest BCUT2D eigenvalue weighted by molar-refractivity contribution is -0.134. The Bertz CT molecular complexity index is 305. The van der Waals surface area contributed by atoms with Crippen LogP contribution in [0.1, 0.15) is 32.1 Å². The van der Waals surface area contributed by atoms with Crippen molar-refractivity contribution in [2.75, 3.05) is 13.7 Å². The van der Waals surface area contributed by atoms with Crippen LogP contribution in [0.25, 0.3) is 0 Å². The van der Waals surface area contributed by atoms with Crippen LogP contribution in [0, 0.1) is 23.7 Å². The molecular formula is C14H25ClN2O2. The quantitative estimate of drug-likeness (QED) is 0.820. The first kappa shape index (κ1) is 15.1. The minimum atomic E-state index is -0.484. The maximum atomic E-state index is 12.1. The average molecular weight is 289 g/mol. The van der Waals surface area contributed by atoms with Gasteiger partial charge >= 0.3 is 0 Å². The lowest BCUT2D eigenvalue weighted by Gasteiger charge is -2.54. The molecule has 19 heavy (non-hydrogen) atoms. The van der Waals surface area contributed by atoms with Crippen LogP contribution in [-0.4, -0.2) is 31.7 Å². The Morgan fingerprint density at radius 3 is 2.16 bits per heavy atom. The summed E-state index contributed by atoms with van der Waals surface area (Å²) in [5, 5.41) is 3.22. The van der Waals surface area contributed by atoms with Crippen LogP contribution in [-0.2, 0) is 9.53 Å². The highest BCUT2D eigenvalue weighted by Crippen LogP contribution is 2.53. The van der Waals surface area contributed by atoms with E-state index in [1.807, 2.05) is 0 Å². The highest BCUT2D eigenvalue weighted by Gasteiger charge is 2.48. The molecule has 0 radical (unpaired) electrons. The van der Waals surface area contributed by atoms with Gasteiger partial charge in [0.2, 0.25) is 0 Å². The first-order chi connectivity index (χ1) is 8.71. The molecule has 0 aliphatic heterocycles. The summed E-state index contributed by atoms with van der Waals surface area (Å²) in [6.07, 6.45) is 6.23. The van der Waals surface area contributed by atoms with E-state index in [9.17, 15) is 4.79 Å². The minimum Gasteiger partial charge on any atom is -0.370 e. The number of ether oxygens (including phenoxy) is 1. The molecule has 110 valence electrons. The third-order valence-electron chi connectivity index (χ3n) is 5.33. The summed E-state index contributed by atoms with van der Waals surface area (Å²) < 4.78 is 5.12. The molecule has 0 heterocycles. The zero-order valence-electron chi connectivity index (χ0n) is 11.5. The minimum absolute atomic E-state index is 0. The Kier molecular flexibility index (Phi) is 4.75. The fourth-order valence-corrected chi connectivity index (χ4v) is 4.73. The molecule has 0 aromatic carbocycles. The van der Waals surface area contributed by atoms with Gasteiger partial charge in [-0.15, -0.1) is 12.4 Å². The van der Waals surface area contributed by atoms with E-state index in [0.717, 1.165) is 11.8 Å². The Morgan fingerprint density at radius 1 is 1.21 bits per heavy atom. The molecular weight excluding hydrogens is 264 g/mol. The van der Waals surface area contributed by atoms with E-state index in [4.69, 9.17) is 10.5 Å². The van der Waals surface area contributed by atoms with Gasteiger partial charge in [0.05, 0.1) is 0 Å². The van der Waals surface area contributed by atoms with Crippen LogP contribution in [0.15, 0.2) is 0 Å². The number of nitrogens with one attached hydrogen (secondary N) is 1. The first-order valence-electron chi connectivity index (χ1n) is 7.24. The molecule has 4 bridgehead atoms. The van der Waals surface area contributed by atoms with Crippen molar-refractivity contribution in [1.29, 1.82) is 0 Å². The van der Waals surface area contributed by atoms with Crippen molar-refractivity contribution in [2.45, 2.75) is 44.2 Å². The van der Waals surface area contributed by atoms with Gasteiger partial charge in [-0.3, -0.25) is 4.79 Å². The number of halogens is 1. The molecule has 4 aliphatic carbocycles. The van der Waals surface area contributed by atoms with E-state index in [1.165, 1.54) is 32.1 Å². The first-order valence-corrected chi connectivity index (χ1v) is 7.24. The van der Waals surface area contributed by atoms with Crippen molar-refractivity contribution in [3.8, 4) is 0 Å². The largest absolute Gasteiger partial charge is 0.370 e. The van der Waals surface area contributed by atoms with Crippen LogP contribution in [0.4, 0.5) is 0 Å². The van der Waals surface area contributed by atoms with Gasteiger partial charge in [-0.25, -0.2) is 0 Å². The summed E-state index contributed by atoms with van der Waals surface area (Å²) in [5.41, 5.74) is 5.55. The number of amides is 1. The second kappa shape index (κ2) is 5.98. The maximum Gasteiger partial charge on any atom is 0.250 e. The predicted octanol–water partition coefficient (Wildman–Crippen LogP) is 1.32. The van der Waals surface area contributed by atoms with E-state index < -0.39 is 6.10 Å². The number of nitrogens with two attached hydrogens (primary N) is 1. The number of methoxy groups -OCH3 is 1. The fraction of sp³-hybridized carbons (Fsp3) is 0.929. The van der Waals surface area contributed by atoms with Gasteiger partial charge in [-0.1, -0.05) is 0 Å². The summed E-state index contributed by atoms with van der Waals surface area (Å²) in [6.45, 7) is 0.260. The molecule has 0 aromatic rings. The summed E-state index contributed by atoms with van der Waals surface area (Å²) in [4.78, 5) is 12.1. The zero-order chi connectivity index (χ0) is 12.7. The summed E-state index contributed by atoms with van der Waals surface area (Å²) in [6, 6.07) is 0.384. The number of rotatable bonds is 4. The van der Waals surface area contributed by atoms with E-state index >= 15 is 0 Å². The van der Waals surface area contributed by atoms with Crippen molar-refractivity contribution >= 4 is 18.3 Å². The molecule has 4 saturated carbocycles. The number of carbonyl (C=O) groups excluding carboxylic acids is 1. The second-order valence-electron chi connectivity index (χ2n) is 6.43. The summed E-state index contributed by atoms with van der Waals surface area (Å²) >= 11 is 0. The zero-order valence-corrected chi connectivity index (χ0v) is 12.3. The van der Waals surface area contributed by atoms with Crippen molar-refractivity contribution in [3.05, 3.63) is 0 Å². The highest BCUT2D eigenvalue weighted by atomic mass is 35.5. The number of carbonyl (C=O) groups is 1. The predicted molar refractivity (Wildman–Crippen MR) is 76.1 cm³/mol. The Morgan fingerprint density at radius 2 is 1.74 bits per heavy atom. The van der Waals surface area contributed by atoms with E-state index in [-0.39, 0.29) is 24.9 Å². The van der Waals surface area contributed by atoms with Crippen molar-refractivity contribution < 1.29 is 9.53 Å². The van der Waals surface area contributed by atoms with Gasteiger partial charge in [0.25, 0.3) is 5.91 Å². The van der Waals surface area contributed by atoms with E-state index in [2.05, 4.69) is 5.32 Å². The highest BCUT2D eigenvalue weighted by molar-refractivity contribution is 5.85. The van der Waals surface area contributed by atoms with Crippen LogP contribution in [0.2, 0.25) is 0 Å². The van der Waals surface area contributed by atoms with Crippen LogP contribution in [0.5, 0.6) is 0 Å². The van der Waals surface area contributed by atoms with Crippen LogP contribution < -0.4 is 11.1 Å². The molecule has 0 saturated heterocycles. The van der Waals surface area contributed by atoms with Gasteiger partial charge in [-0.05, 0) is 55.8 Å². The summed E-state index contributed by atoms with van der Waals surface area (Å²) in [5.74, 6) is 3.28. The molecule has 0 spiro atoms. The molecule has 5 heteroatoms. The topological polar surface area (TPSA) is 64.3 Å². The van der Waals surface area contributed by atoms with Crippen molar-refractivity contribution in [2.24, 2.45) is 29.4 Å². The number of hydrogen-bond acceptors (Lipinski definition) is 3. The smallest absolute Gasteiger partial charge is 0.250 e. The van der Waals surface area contributed by atoms with Crippen molar-refractivity contribution in [3.63, 3.8) is 0 Å². The van der Waals surface area contributed by atoms with Crippen LogP contribution >= 0.6 is 12.4 Å². The number of hydrogen-bond donors (Lipinski definition) is 2. The van der Waals surface area contributed by atoms with Crippen LogP contribution in [0.3, 0.4) is 0 Å². The molecule has 4 aliphatic rings. The normalized spacial score (nSPS) is 40.6. The third kappa shape index (κ3) is 2.76. The average Bonchev–Trinajstić information content (AvgIpc) is 2.34. The van der Waals surface area contributed by atoms with E-state index in [0.29, 0.717) is 17.9 Å². The molecule has 4 fully saturated rings. The molecule has 4 rings (SSSR count). The Labute approximate surface area is 121 Å². The Hall–Kier alpha value is -0.320. The lowest BCUT2D eigenvalue weighted by atomic mass is 9.54. The standard InChI is InChI=1S/C14H24N2O2.ClH/c1-18-12(7-15)14(17)16-13-10-3-8-2-9(5-10)6-11(13)4-8;/h8-13H,2-7,15H2,1H3,(H,16,17);1H. The monoisotopic (exact) mass is 288 g/mol. The van der Waals surface area contributed by atoms with Crippen molar-refractivity contribution in [1.82, 2.24) is 5.32 Å². The lowest BCUT2D eigenvalue weighted by Crippen LogP contribution is -2.58. The molecule has 3 N–H and O–H groups in total. The summed E-state index contributed by atoms with van der Waals surface area (Å²) in [7, 11) is 1.55. The SMILES string of the molecule is COC(CN)C(=O)NC1C2CC3CC(C2)CC1C3.Cl. The molecule has 1 unspecified atom stereocenters. The molecule has 4 nitrogen and oxygen atoms in total. The van der Waals surface area contributed by atoms with Gasteiger partial charge < -0.3 is 15.8 Å². The second-order valence-corrected chi connectivity index (χ2v) is 6.43. The van der Waals surface area contributed by atoms with Gasteiger partial charge in [0.1, 0.15) is 6.10 Å².